The number of amides is 1. The molecule has 0 atom stereocenters. The van der Waals surface area contributed by atoms with E-state index in [0.717, 1.165) is 16.6 Å². The molecule has 0 aliphatic carbocycles. The highest BCUT2D eigenvalue weighted by molar-refractivity contribution is 5.91. The van der Waals surface area contributed by atoms with E-state index in [4.69, 9.17) is 0 Å². The standard InChI is InChI=1S/C15H19N3O/c1-11(2)18-14(19)8-10-17-15-13-6-4-3-5-12(13)7-9-16-15/h3-7,9,11H,8,10H2,1-2H3,(H,16,17)(H,18,19). The minimum absolute atomic E-state index is 0.0581. The van der Waals surface area contributed by atoms with E-state index in [9.17, 15) is 4.79 Å². The van der Waals surface area contributed by atoms with Crippen LogP contribution in [0, 0.1) is 0 Å². The van der Waals surface area contributed by atoms with Crippen molar-refractivity contribution in [2.75, 3.05) is 11.9 Å². The maximum atomic E-state index is 11.5. The summed E-state index contributed by atoms with van der Waals surface area (Å²) in [5.41, 5.74) is 0. The average molecular weight is 257 g/mol. The summed E-state index contributed by atoms with van der Waals surface area (Å²) >= 11 is 0. The second kappa shape index (κ2) is 6.18. The molecule has 0 unspecified atom stereocenters. The lowest BCUT2D eigenvalue weighted by molar-refractivity contribution is -0.121. The van der Waals surface area contributed by atoms with Crippen molar-refractivity contribution in [3.8, 4) is 0 Å². The van der Waals surface area contributed by atoms with Crippen LogP contribution in [0.4, 0.5) is 5.82 Å². The predicted octanol–water partition coefficient (Wildman–Crippen LogP) is 2.56. The third kappa shape index (κ3) is 3.68. The molecule has 2 N–H and O–H groups in total. The molecule has 2 rings (SSSR count). The van der Waals surface area contributed by atoms with Crippen LogP contribution in [0.15, 0.2) is 36.5 Å². The number of nitrogens with one attached hydrogen (secondary N) is 2. The maximum absolute atomic E-state index is 11.5. The molecule has 1 aromatic heterocycles. The van der Waals surface area contributed by atoms with Gasteiger partial charge in [0.25, 0.3) is 0 Å². The van der Waals surface area contributed by atoms with Gasteiger partial charge in [0, 0.05) is 30.6 Å². The van der Waals surface area contributed by atoms with E-state index in [1.165, 1.54) is 0 Å². The topological polar surface area (TPSA) is 54.0 Å². The number of anilines is 1. The number of fused-ring (bicyclic) bond motifs is 1. The molecule has 2 aromatic rings. The van der Waals surface area contributed by atoms with E-state index in [1.807, 2.05) is 44.2 Å². The van der Waals surface area contributed by atoms with Gasteiger partial charge >= 0.3 is 0 Å². The molecule has 1 heterocycles. The molecule has 19 heavy (non-hydrogen) atoms. The van der Waals surface area contributed by atoms with Gasteiger partial charge in [0.1, 0.15) is 5.82 Å². The summed E-state index contributed by atoms with van der Waals surface area (Å²) in [6.45, 7) is 4.49. The number of hydrogen-bond donors (Lipinski definition) is 2. The molecule has 0 saturated carbocycles. The van der Waals surface area contributed by atoms with Crippen LogP contribution < -0.4 is 10.6 Å². The molecular weight excluding hydrogens is 238 g/mol. The smallest absolute Gasteiger partial charge is 0.221 e. The molecule has 100 valence electrons. The molecule has 0 saturated heterocycles. The van der Waals surface area contributed by atoms with Crippen LogP contribution in [0.2, 0.25) is 0 Å². The number of aromatic nitrogens is 1. The van der Waals surface area contributed by atoms with Gasteiger partial charge in [-0.3, -0.25) is 4.79 Å². The third-order valence-electron chi connectivity index (χ3n) is 2.77. The van der Waals surface area contributed by atoms with Crippen molar-refractivity contribution in [2.45, 2.75) is 26.3 Å². The zero-order valence-corrected chi connectivity index (χ0v) is 11.3. The molecule has 0 fully saturated rings. The first kappa shape index (κ1) is 13.3. The number of pyridine rings is 1. The largest absolute Gasteiger partial charge is 0.369 e. The summed E-state index contributed by atoms with van der Waals surface area (Å²) in [6.07, 6.45) is 2.22. The molecule has 0 spiro atoms. The van der Waals surface area contributed by atoms with E-state index in [-0.39, 0.29) is 11.9 Å². The van der Waals surface area contributed by atoms with Crippen LogP contribution in [0.5, 0.6) is 0 Å². The second-order valence-corrected chi connectivity index (χ2v) is 4.78. The lowest BCUT2D eigenvalue weighted by atomic mass is 10.1. The van der Waals surface area contributed by atoms with Gasteiger partial charge in [0.15, 0.2) is 0 Å². The van der Waals surface area contributed by atoms with Crippen LogP contribution in [-0.4, -0.2) is 23.5 Å². The molecule has 1 amide bonds. The van der Waals surface area contributed by atoms with Crippen molar-refractivity contribution >= 4 is 22.5 Å². The van der Waals surface area contributed by atoms with Crippen LogP contribution in [0.3, 0.4) is 0 Å². The summed E-state index contributed by atoms with van der Waals surface area (Å²) in [6, 6.07) is 10.2. The Hall–Kier alpha value is -2.10. The van der Waals surface area contributed by atoms with Gasteiger partial charge < -0.3 is 10.6 Å². The predicted molar refractivity (Wildman–Crippen MR) is 78.1 cm³/mol. The molecular formula is C15H19N3O. The zero-order chi connectivity index (χ0) is 13.7. The molecule has 1 aromatic carbocycles. The highest BCUT2D eigenvalue weighted by atomic mass is 16.1. The highest BCUT2D eigenvalue weighted by Gasteiger charge is 2.04. The molecule has 0 aliphatic rings. The zero-order valence-electron chi connectivity index (χ0n) is 11.3. The first-order valence-corrected chi connectivity index (χ1v) is 6.54. The summed E-state index contributed by atoms with van der Waals surface area (Å²) < 4.78 is 0. The Labute approximate surface area is 113 Å². The summed E-state index contributed by atoms with van der Waals surface area (Å²) in [4.78, 5) is 15.9. The fraction of sp³-hybridized carbons (Fsp3) is 0.333. The van der Waals surface area contributed by atoms with Gasteiger partial charge in [-0.15, -0.1) is 0 Å². The first-order valence-electron chi connectivity index (χ1n) is 6.54. The SMILES string of the molecule is CC(C)NC(=O)CCNc1nccc2ccccc12. The molecule has 4 heteroatoms. The van der Waals surface area contributed by atoms with Crippen LogP contribution in [0.1, 0.15) is 20.3 Å². The van der Waals surface area contributed by atoms with E-state index in [2.05, 4.69) is 15.6 Å². The van der Waals surface area contributed by atoms with Gasteiger partial charge in [0.05, 0.1) is 0 Å². The summed E-state index contributed by atoms with van der Waals surface area (Å²) in [7, 11) is 0. The van der Waals surface area contributed by atoms with Crippen molar-refractivity contribution in [2.24, 2.45) is 0 Å². The fourth-order valence-electron chi connectivity index (χ4n) is 1.95. The Morgan fingerprint density at radius 2 is 2.05 bits per heavy atom. The van der Waals surface area contributed by atoms with Crippen LogP contribution in [0.25, 0.3) is 10.8 Å². The maximum Gasteiger partial charge on any atom is 0.221 e. The lowest BCUT2D eigenvalue weighted by Gasteiger charge is -2.10. The van der Waals surface area contributed by atoms with Gasteiger partial charge in [-0.1, -0.05) is 24.3 Å². The van der Waals surface area contributed by atoms with E-state index in [0.29, 0.717) is 13.0 Å². The Balaban J connectivity index is 1.97. The Morgan fingerprint density at radius 1 is 1.26 bits per heavy atom. The van der Waals surface area contributed by atoms with E-state index >= 15 is 0 Å². The van der Waals surface area contributed by atoms with Crippen LogP contribution >= 0.6 is 0 Å². The second-order valence-electron chi connectivity index (χ2n) is 4.78. The van der Waals surface area contributed by atoms with Crippen LogP contribution in [-0.2, 0) is 4.79 Å². The van der Waals surface area contributed by atoms with Crippen molar-refractivity contribution in [3.63, 3.8) is 0 Å². The minimum Gasteiger partial charge on any atom is -0.369 e. The Kier molecular flexibility index (Phi) is 4.34. The number of rotatable bonds is 5. The first-order chi connectivity index (χ1) is 9.16. The Bertz CT molecular complexity index is 561. The minimum atomic E-state index is 0.0581. The van der Waals surface area contributed by atoms with Gasteiger partial charge in [-0.25, -0.2) is 4.98 Å². The van der Waals surface area contributed by atoms with Gasteiger partial charge in [-0.2, -0.15) is 0 Å². The molecule has 0 radical (unpaired) electrons. The highest BCUT2D eigenvalue weighted by Crippen LogP contribution is 2.19. The van der Waals surface area contributed by atoms with Crippen molar-refractivity contribution in [1.29, 1.82) is 0 Å². The Morgan fingerprint density at radius 3 is 2.84 bits per heavy atom. The molecule has 0 bridgehead atoms. The number of carbonyl (C=O) groups excluding carboxylic acids is 1. The van der Waals surface area contributed by atoms with Gasteiger partial charge in [-0.05, 0) is 25.3 Å². The number of hydrogen-bond acceptors (Lipinski definition) is 3. The fourth-order valence-corrected chi connectivity index (χ4v) is 1.95. The number of carbonyl (C=O) groups is 1. The van der Waals surface area contributed by atoms with Gasteiger partial charge in [0.2, 0.25) is 5.91 Å². The van der Waals surface area contributed by atoms with Crippen molar-refractivity contribution < 1.29 is 4.79 Å². The van der Waals surface area contributed by atoms with E-state index in [1.54, 1.807) is 6.20 Å². The molecule has 4 nitrogen and oxygen atoms in total. The monoisotopic (exact) mass is 257 g/mol. The third-order valence-corrected chi connectivity index (χ3v) is 2.77. The van der Waals surface area contributed by atoms with Crippen molar-refractivity contribution in [1.82, 2.24) is 10.3 Å². The quantitative estimate of drug-likeness (QED) is 0.865. The van der Waals surface area contributed by atoms with Crippen molar-refractivity contribution in [3.05, 3.63) is 36.5 Å². The molecule has 0 aliphatic heterocycles. The normalized spacial score (nSPS) is 10.7. The average Bonchev–Trinajstić information content (AvgIpc) is 2.38. The van der Waals surface area contributed by atoms with E-state index < -0.39 is 0 Å². The lowest BCUT2D eigenvalue weighted by Crippen LogP contribution is -2.31. The number of benzene rings is 1. The summed E-state index contributed by atoms with van der Waals surface area (Å²) in [5.74, 6) is 0.887. The number of nitrogens with zero attached hydrogens (tertiary/aromatic N) is 1. The summed E-state index contributed by atoms with van der Waals surface area (Å²) in [5, 5.41) is 8.31.